The molecule has 1 amide bonds. The van der Waals surface area contributed by atoms with Crippen LogP contribution in [-0.2, 0) is 19.0 Å². The number of aryl methyl sites for hydroxylation is 2. The number of amides is 1. The van der Waals surface area contributed by atoms with Gasteiger partial charge >= 0.3 is 0 Å². The summed E-state index contributed by atoms with van der Waals surface area (Å²) in [5, 5.41) is 16.2. The van der Waals surface area contributed by atoms with Gasteiger partial charge in [0.05, 0.1) is 18.1 Å². The van der Waals surface area contributed by atoms with E-state index in [0.717, 1.165) is 47.8 Å². The topological polar surface area (TPSA) is 80.9 Å². The zero-order valence-electron chi connectivity index (χ0n) is 23.2. The molecule has 8 heteroatoms. The van der Waals surface area contributed by atoms with Crippen LogP contribution in [-0.4, -0.2) is 48.7 Å². The molecule has 0 aliphatic carbocycles. The summed E-state index contributed by atoms with van der Waals surface area (Å²) < 4.78 is 3.57. The van der Waals surface area contributed by atoms with Gasteiger partial charge in [0.25, 0.3) is 5.91 Å². The average Bonchev–Trinajstić information content (AvgIpc) is 3.63. The maximum absolute atomic E-state index is 13.5. The Morgan fingerprint density at radius 3 is 2.50 bits per heavy atom. The van der Waals surface area contributed by atoms with Gasteiger partial charge in [0, 0.05) is 36.1 Å². The summed E-state index contributed by atoms with van der Waals surface area (Å²) in [6, 6.07) is 12.2. The van der Waals surface area contributed by atoms with Gasteiger partial charge in [-0.05, 0) is 86.1 Å². The Hall–Kier alpha value is -3.78. The SMILES string of the molecule is Cc1ccc(NC(=O)c2cc(CN3CCCC3)cc(C(C)(C)C)c2)cc1-n1cc(-c2cnn(C)c2C)nn1. The van der Waals surface area contributed by atoms with E-state index in [0.29, 0.717) is 11.3 Å². The van der Waals surface area contributed by atoms with E-state index in [-0.39, 0.29) is 11.3 Å². The van der Waals surface area contributed by atoms with Crippen LogP contribution in [0.4, 0.5) is 5.69 Å². The lowest BCUT2D eigenvalue weighted by atomic mass is 9.85. The first-order valence-corrected chi connectivity index (χ1v) is 13.3. The largest absolute Gasteiger partial charge is 0.322 e. The first kappa shape index (κ1) is 25.9. The molecule has 1 aliphatic heterocycles. The van der Waals surface area contributed by atoms with E-state index in [2.05, 4.69) is 52.5 Å². The second-order valence-electron chi connectivity index (χ2n) is 11.4. The van der Waals surface area contributed by atoms with Gasteiger partial charge in [-0.15, -0.1) is 5.10 Å². The van der Waals surface area contributed by atoms with Gasteiger partial charge in [0.2, 0.25) is 0 Å². The molecule has 0 bridgehead atoms. The summed E-state index contributed by atoms with van der Waals surface area (Å²) in [6.45, 7) is 13.7. The number of nitrogens with one attached hydrogen (secondary N) is 1. The minimum atomic E-state index is -0.112. The summed E-state index contributed by atoms with van der Waals surface area (Å²) in [5.74, 6) is -0.112. The van der Waals surface area contributed by atoms with Gasteiger partial charge in [-0.3, -0.25) is 14.4 Å². The lowest BCUT2D eigenvalue weighted by Gasteiger charge is -2.23. The monoisotopic (exact) mass is 511 g/mol. The van der Waals surface area contributed by atoms with Gasteiger partial charge in [0.15, 0.2) is 0 Å². The Bertz CT molecular complexity index is 1470. The third kappa shape index (κ3) is 5.41. The Morgan fingerprint density at radius 1 is 1.05 bits per heavy atom. The van der Waals surface area contributed by atoms with Crippen LogP contribution in [0.5, 0.6) is 0 Å². The van der Waals surface area contributed by atoms with Crippen LogP contribution in [0.3, 0.4) is 0 Å². The molecule has 1 aliphatic rings. The zero-order chi connectivity index (χ0) is 27.0. The van der Waals surface area contributed by atoms with Crippen molar-refractivity contribution in [2.45, 2.75) is 59.4 Å². The normalized spacial score (nSPS) is 14.3. The van der Waals surface area contributed by atoms with Crippen LogP contribution in [0, 0.1) is 13.8 Å². The van der Waals surface area contributed by atoms with Crippen LogP contribution >= 0.6 is 0 Å². The van der Waals surface area contributed by atoms with Gasteiger partial charge in [-0.1, -0.05) is 38.1 Å². The second kappa shape index (κ2) is 10.2. The minimum absolute atomic E-state index is 0.0511. The Morgan fingerprint density at radius 2 is 1.82 bits per heavy atom. The third-order valence-electron chi connectivity index (χ3n) is 7.44. The molecule has 2 aromatic carbocycles. The van der Waals surface area contributed by atoms with Crippen molar-refractivity contribution >= 4 is 11.6 Å². The molecule has 1 fully saturated rings. The fraction of sp³-hybridized carbons (Fsp3) is 0.400. The number of rotatable bonds is 6. The molecule has 0 saturated carbocycles. The van der Waals surface area contributed by atoms with Crippen molar-refractivity contribution in [3.63, 3.8) is 0 Å². The number of nitrogens with zero attached hydrogens (tertiary/aromatic N) is 6. The van der Waals surface area contributed by atoms with Crippen molar-refractivity contribution in [2.24, 2.45) is 7.05 Å². The van der Waals surface area contributed by atoms with Gasteiger partial charge in [0.1, 0.15) is 5.69 Å². The molecule has 8 nitrogen and oxygen atoms in total. The molecule has 1 saturated heterocycles. The van der Waals surface area contributed by atoms with Crippen LogP contribution in [0.15, 0.2) is 48.8 Å². The summed E-state index contributed by atoms with van der Waals surface area (Å²) in [6.07, 6.45) is 6.20. The number of carbonyl (C=O) groups is 1. The van der Waals surface area contributed by atoms with E-state index in [1.54, 1.807) is 10.9 Å². The van der Waals surface area contributed by atoms with Gasteiger partial charge in [-0.2, -0.15) is 5.10 Å². The molecule has 1 N–H and O–H groups in total. The van der Waals surface area contributed by atoms with Crippen LogP contribution in [0.25, 0.3) is 16.9 Å². The fourth-order valence-electron chi connectivity index (χ4n) is 4.94. The highest BCUT2D eigenvalue weighted by Crippen LogP contribution is 2.27. The van der Waals surface area contributed by atoms with E-state index in [1.165, 1.54) is 24.0 Å². The highest BCUT2D eigenvalue weighted by molar-refractivity contribution is 6.04. The van der Waals surface area contributed by atoms with Crippen molar-refractivity contribution in [1.82, 2.24) is 29.7 Å². The van der Waals surface area contributed by atoms with E-state index >= 15 is 0 Å². The minimum Gasteiger partial charge on any atom is -0.322 e. The van der Waals surface area contributed by atoms with Crippen molar-refractivity contribution in [3.05, 3.63) is 76.7 Å². The predicted molar refractivity (Wildman–Crippen MR) is 151 cm³/mol. The number of hydrogen-bond acceptors (Lipinski definition) is 5. The smallest absolute Gasteiger partial charge is 0.255 e. The predicted octanol–water partition coefficient (Wildman–Crippen LogP) is 5.43. The molecule has 0 unspecified atom stereocenters. The highest BCUT2D eigenvalue weighted by atomic mass is 16.1. The highest BCUT2D eigenvalue weighted by Gasteiger charge is 2.20. The lowest BCUT2D eigenvalue weighted by molar-refractivity contribution is 0.102. The molecule has 2 aromatic heterocycles. The second-order valence-corrected chi connectivity index (χ2v) is 11.4. The molecule has 0 spiro atoms. The van der Waals surface area contributed by atoms with E-state index < -0.39 is 0 Å². The molecule has 0 atom stereocenters. The third-order valence-corrected chi connectivity index (χ3v) is 7.44. The van der Waals surface area contributed by atoms with Crippen molar-refractivity contribution in [2.75, 3.05) is 18.4 Å². The Balaban J connectivity index is 1.40. The number of hydrogen-bond donors (Lipinski definition) is 1. The maximum Gasteiger partial charge on any atom is 0.255 e. The molecule has 3 heterocycles. The molecule has 0 radical (unpaired) electrons. The van der Waals surface area contributed by atoms with E-state index in [9.17, 15) is 4.79 Å². The van der Waals surface area contributed by atoms with Crippen molar-refractivity contribution in [3.8, 4) is 16.9 Å². The summed E-state index contributed by atoms with van der Waals surface area (Å²) in [5.41, 5.74) is 8.33. The zero-order valence-corrected chi connectivity index (χ0v) is 23.2. The molecule has 38 heavy (non-hydrogen) atoms. The summed E-state index contributed by atoms with van der Waals surface area (Å²) in [4.78, 5) is 15.9. The molecule has 5 rings (SSSR count). The first-order valence-electron chi connectivity index (χ1n) is 13.3. The van der Waals surface area contributed by atoms with Gasteiger partial charge in [-0.25, -0.2) is 4.68 Å². The lowest BCUT2D eigenvalue weighted by Crippen LogP contribution is -2.21. The average molecular weight is 512 g/mol. The number of likely N-dealkylation sites (tertiary alicyclic amines) is 1. The first-order chi connectivity index (χ1) is 18.1. The van der Waals surface area contributed by atoms with Crippen LogP contribution in [0.2, 0.25) is 0 Å². The Labute approximate surface area is 224 Å². The fourth-order valence-corrected chi connectivity index (χ4v) is 4.94. The number of aromatic nitrogens is 5. The van der Waals surface area contributed by atoms with E-state index in [4.69, 9.17) is 0 Å². The van der Waals surface area contributed by atoms with Gasteiger partial charge < -0.3 is 5.32 Å². The molecule has 198 valence electrons. The molecule has 4 aromatic rings. The standard InChI is InChI=1S/C30H37N7O/c1-20-9-10-25(16-28(20)37-19-27(33-34-37)26-17-31-35(6)21(26)2)32-29(38)23-13-22(18-36-11-7-8-12-36)14-24(15-23)30(3,4)5/h9-10,13-17,19H,7-8,11-12,18H2,1-6H3,(H,32,38). The van der Waals surface area contributed by atoms with E-state index in [1.807, 2.05) is 62.1 Å². The molecular weight excluding hydrogens is 474 g/mol. The van der Waals surface area contributed by atoms with Crippen LogP contribution < -0.4 is 5.32 Å². The summed E-state index contributed by atoms with van der Waals surface area (Å²) in [7, 11) is 1.91. The maximum atomic E-state index is 13.5. The number of benzene rings is 2. The van der Waals surface area contributed by atoms with Crippen molar-refractivity contribution < 1.29 is 4.79 Å². The van der Waals surface area contributed by atoms with Crippen molar-refractivity contribution in [1.29, 1.82) is 0 Å². The number of carbonyl (C=O) groups excluding carboxylic acids is 1. The summed E-state index contributed by atoms with van der Waals surface area (Å²) >= 11 is 0. The quantitative estimate of drug-likeness (QED) is 0.373. The molecular formula is C30H37N7O. The van der Waals surface area contributed by atoms with Crippen LogP contribution in [0.1, 0.15) is 66.4 Å². The Kier molecular flexibility index (Phi) is 6.92. The number of anilines is 1.